The summed E-state index contributed by atoms with van der Waals surface area (Å²) in [7, 11) is 0.634. The van der Waals surface area contributed by atoms with E-state index in [2.05, 4.69) is 10.6 Å². The summed E-state index contributed by atoms with van der Waals surface area (Å²) in [6.07, 6.45) is 0. The Morgan fingerprint density at radius 1 is 1.46 bits per heavy atom. The Morgan fingerprint density at radius 3 is 2.67 bits per heavy atom. The monoisotopic (exact) mass is 394 g/mol. The molecule has 1 aliphatic heterocycles. The number of nitrogens with zero attached hydrogens (tertiary/aromatic N) is 1. The second-order valence-corrected chi connectivity index (χ2v) is 8.34. The summed E-state index contributed by atoms with van der Waals surface area (Å²) in [5, 5.41) is 16.1. The second kappa shape index (κ2) is 7.06. The number of sulfonamides is 1. The first-order valence-corrected chi connectivity index (χ1v) is 9.85. The van der Waals surface area contributed by atoms with Crippen molar-refractivity contribution in [2.75, 3.05) is 26.9 Å². The van der Waals surface area contributed by atoms with Gasteiger partial charge in [-0.25, -0.2) is 22.8 Å². The molecule has 0 bridgehead atoms. The van der Waals surface area contributed by atoms with Crippen LogP contribution in [0.1, 0.15) is 5.56 Å². The van der Waals surface area contributed by atoms with Crippen LogP contribution in [0.25, 0.3) is 0 Å². The minimum Gasteiger partial charge on any atom is -0.370 e. The smallest absolute Gasteiger partial charge is 0.328 e. The van der Waals surface area contributed by atoms with Gasteiger partial charge in [0.15, 0.2) is 5.72 Å². The van der Waals surface area contributed by atoms with Crippen molar-refractivity contribution in [2.45, 2.75) is 16.1 Å². The molecule has 4 N–H and O–H groups in total. The first-order valence-electron chi connectivity index (χ1n) is 6.94. The molecule has 1 heterocycles. The Bertz CT molecular complexity index is 745. The van der Waals surface area contributed by atoms with Gasteiger partial charge in [0.2, 0.25) is 0 Å². The summed E-state index contributed by atoms with van der Waals surface area (Å²) in [6, 6.07) is 3.36. The fourth-order valence-corrected chi connectivity index (χ4v) is 5.16. The zero-order valence-corrected chi connectivity index (χ0v) is 15.7. The molecule has 2 rings (SSSR count). The summed E-state index contributed by atoms with van der Waals surface area (Å²) in [5.74, 6) is 0.346. The third kappa shape index (κ3) is 3.48. The molecule has 1 aliphatic rings. The van der Waals surface area contributed by atoms with E-state index < -0.39 is 21.8 Å². The second-order valence-electron chi connectivity index (χ2n) is 5.21. The number of hydrogen-bond donors (Lipinski definition) is 4. The van der Waals surface area contributed by atoms with E-state index in [0.29, 0.717) is 11.3 Å². The van der Waals surface area contributed by atoms with Gasteiger partial charge in [-0.1, -0.05) is 17.7 Å². The molecule has 8 nitrogen and oxygen atoms in total. The summed E-state index contributed by atoms with van der Waals surface area (Å²) < 4.78 is 26.5. The van der Waals surface area contributed by atoms with E-state index in [1.165, 1.54) is 30.9 Å². The summed E-state index contributed by atoms with van der Waals surface area (Å²) in [4.78, 5) is 12.8. The van der Waals surface area contributed by atoms with E-state index in [9.17, 15) is 18.3 Å². The normalized spacial score (nSPS) is 24.8. The maximum atomic E-state index is 12.3. The van der Waals surface area contributed by atoms with Gasteiger partial charge in [-0.3, -0.25) is 5.32 Å². The number of benzene rings is 1. The Morgan fingerprint density at radius 2 is 2.12 bits per heavy atom. The summed E-state index contributed by atoms with van der Waals surface area (Å²) in [6.45, 7) is 0. The Labute approximate surface area is 150 Å². The van der Waals surface area contributed by atoms with Gasteiger partial charge in [0.05, 0.1) is 5.02 Å². The van der Waals surface area contributed by atoms with Crippen LogP contribution in [0, 0.1) is 0 Å². The molecule has 0 aromatic heterocycles. The van der Waals surface area contributed by atoms with Crippen molar-refractivity contribution >= 4 is 39.4 Å². The lowest BCUT2D eigenvalue weighted by Gasteiger charge is -2.33. The predicted molar refractivity (Wildman–Crippen MR) is 93.2 cm³/mol. The van der Waals surface area contributed by atoms with Crippen LogP contribution in [0.4, 0.5) is 4.79 Å². The van der Waals surface area contributed by atoms with Gasteiger partial charge in [-0.2, -0.15) is 0 Å². The molecule has 134 valence electrons. The SMILES string of the molecule is CNC(=O)NS(=O)(=O)c1cc(C2(O)CSC(NC)N2C)ccc1Cl. The largest absolute Gasteiger partial charge is 0.370 e. The van der Waals surface area contributed by atoms with Gasteiger partial charge in [0, 0.05) is 18.4 Å². The Kier molecular flexibility index (Phi) is 5.68. The molecular weight excluding hydrogens is 376 g/mol. The lowest BCUT2D eigenvalue weighted by Crippen LogP contribution is -2.47. The first kappa shape index (κ1) is 19.3. The van der Waals surface area contributed by atoms with Crippen LogP contribution in [0.15, 0.2) is 23.1 Å². The summed E-state index contributed by atoms with van der Waals surface area (Å²) >= 11 is 7.47. The molecule has 2 unspecified atom stereocenters. The van der Waals surface area contributed by atoms with Crippen LogP contribution < -0.4 is 15.4 Å². The topological polar surface area (TPSA) is 111 Å². The third-order valence-corrected chi connectivity index (χ3v) is 7.01. The van der Waals surface area contributed by atoms with E-state index in [1.54, 1.807) is 25.1 Å². The van der Waals surface area contributed by atoms with Crippen molar-refractivity contribution in [1.82, 2.24) is 20.3 Å². The molecule has 2 amide bonds. The molecule has 1 aromatic rings. The molecule has 1 fully saturated rings. The number of carbonyl (C=O) groups excluding carboxylic acids is 1. The number of amides is 2. The van der Waals surface area contributed by atoms with Crippen molar-refractivity contribution in [1.29, 1.82) is 0 Å². The predicted octanol–water partition coefficient (Wildman–Crippen LogP) is 0.284. The first-order chi connectivity index (χ1) is 11.2. The van der Waals surface area contributed by atoms with Crippen molar-refractivity contribution in [3.05, 3.63) is 28.8 Å². The highest BCUT2D eigenvalue weighted by atomic mass is 35.5. The number of urea groups is 1. The number of thioether (sulfide) groups is 1. The van der Waals surface area contributed by atoms with E-state index in [0.717, 1.165) is 0 Å². The van der Waals surface area contributed by atoms with E-state index in [1.807, 2.05) is 4.72 Å². The molecule has 2 atom stereocenters. The molecule has 0 radical (unpaired) electrons. The van der Waals surface area contributed by atoms with Gasteiger partial charge < -0.3 is 10.4 Å². The fraction of sp³-hybridized carbons (Fsp3) is 0.462. The summed E-state index contributed by atoms with van der Waals surface area (Å²) in [5.41, 5.74) is -1.10. The Balaban J connectivity index is 2.45. The number of rotatable bonds is 4. The van der Waals surface area contributed by atoms with Gasteiger partial charge in [0.1, 0.15) is 10.4 Å². The van der Waals surface area contributed by atoms with Crippen molar-refractivity contribution in [3.8, 4) is 0 Å². The number of carbonyl (C=O) groups is 1. The van der Waals surface area contributed by atoms with Crippen molar-refractivity contribution in [3.63, 3.8) is 0 Å². The number of aliphatic hydroxyl groups is 1. The van der Waals surface area contributed by atoms with Crippen molar-refractivity contribution < 1.29 is 18.3 Å². The zero-order chi connectivity index (χ0) is 18.1. The average molecular weight is 395 g/mol. The quantitative estimate of drug-likeness (QED) is 0.580. The van der Waals surface area contributed by atoms with Crippen LogP contribution >= 0.6 is 23.4 Å². The lowest BCUT2D eigenvalue weighted by atomic mass is 10.0. The standard InChI is InChI=1S/C13H19ClN4O4S2/c1-15-11(19)17-24(21,22)10-6-8(4-5-9(10)14)13(20)7-23-12(16-2)18(13)3/h4-6,12,16,20H,7H2,1-3H3,(H2,15,17,19). The van der Waals surface area contributed by atoms with Gasteiger partial charge >= 0.3 is 6.03 Å². The van der Waals surface area contributed by atoms with Crippen LogP contribution in [0.5, 0.6) is 0 Å². The maximum absolute atomic E-state index is 12.3. The highest BCUT2D eigenvalue weighted by Gasteiger charge is 2.44. The maximum Gasteiger partial charge on any atom is 0.328 e. The van der Waals surface area contributed by atoms with Crippen LogP contribution in [0.3, 0.4) is 0 Å². The van der Waals surface area contributed by atoms with E-state index >= 15 is 0 Å². The van der Waals surface area contributed by atoms with Gasteiger partial charge in [-0.15, -0.1) is 11.8 Å². The van der Waals surface area contributed by atoms with Gasteiger partial charge in [0.25, 0.3) is 10.0 Å². The highest BCUT2D eigenvalue weighted by Crippen LogP contribution is 2.40. The molecule has 11 heteroatoms. The molecule has 0 saturated carbocycles. The number of hydrogen-bond acceptors (Lipinski definition) is 7. The van der Waals surface area contributed by atoms with E-state index in [-0.39, 0.29) is 15.4 Å². The van der Waals surface area contributed by atoms with Crippen molar-refractivity contribution in [2.24, 2.45) is 0 Å². The molecular formula is C13H19ClN4O4S2. The number of halogens is 1. The average Bonchev–Trinajstić information content (AvgIpc) is 2.83. The van der Waals surface area contributed by atoms with Crippen LogP contribution in [-0.2, 0) is 15.7 Å². The molecule has 1 saturated heterocycles. The zero-order valence-electron chi connectivity index (χ0n) is 13.3. The lowest BCUT2D eigenvalue weighted by molar-refractivity contribution is -0.0803. The third-order valence-electron chi connectivity index (χ3n) is 3.76. The Hall–Kier alpha value is -1.04. The highest BCUT2D eigenvalue weighted by molar-refractivity contribution is 8.00. The number of nitrogens with one attached hydrogen (secondary N) is 3. The van der Waals surface area contributed by atoms with Crippen LogP contribution in [-0.4, -0.2) is 56.8 Å². The molecule has 24 heavy (non-hydrogen) atoms. The van der Waals surface area contributed by atoms with E-state index in [4.69, 9.17) is 11.6 Å². The minimum absolute atomic E-state index is 0.0442. The van der Waals surface area contributed by atoms with Gasteiger partial charge in [-0.05, 0) is 26.2 Å². The molecule has 0 spiro atoms. The van der Waals surface area contributed by atoms with Crippen LogP contribution in [0.2, 0.25) is 5.02 Å². The minimum atomic E-state index is -4.16. The molecule has 0 aliphatic carbocycles. The fourth-order valence-electron chi connectivity index (χ4n) is 2.35. The molecule has 1 aromatic carbocycles.